The molecule has 0 spiro atoms. The van der Waals surface area contributed by atoms with Gasteiger partial charge in [-0.3, -0.25) is 9.36 Å². The number of carbonyl (C=O) groups is 1. The predicted octanol–water partition coefficient (Wildman–Crippen LogP) is 0.734. The summed E-state index contributed by atoms with van der Waals surface area (Å²) in [6, 6.07) is 5.29. The third-order valence-electron chi connectivity index (χ3n) is 4.72. The zero-order chi connectivity index (χ0) is 18.1. The highest BCUT2D eigenvalue weighted by molar-refractivity contribution is 5.97. The highest BCUT2D eigenvalue weighted by atomic mass is 16.3. The summed E-state index contributed by atoms with van der Waals surface area (Å²) in [5.74, 6) is 0.183. The zero-order valence-corrected chi connectivity index (χ0v) is 15.0. The van der Waals surface area contributed by atoms with Crippen molar-refractivity contribution >= 4 is 16.9 Å². The first-order valence-electron chi connectivity index (χ1n) is 8.69. The van der Waals surface area contributed by atoms with E-state index in [4.69, 9.17) is 0 Å². The summed E-state index contributed by atoms with van der Waals surface area (Å²) < 4.78 is 1.67. The van der Waals surface area contributed by atoms with Crippen molar-refractivity contribution in [2.75, 3.05) is 33.7 Å². The second-order valence-corrected chi connectivity index (χ2v) is 7.32. The number of β-amino-alcohol motifs (C(OH)–C–C–N with tert-alkyl or cyclic N) is 1. The number of likely N-dealkylation sites (tertiary alicyclic amines) is 1. The molecule has 1 aliphatic rings. The molecule has 0 radical (unpaired) electrons. The molecule has 2 heterocycles. The average Bonchev–Trinajstić information content (AvgIpc) is 2.85. The number of nitrogens with zero attached hydrogens (tertiary/aromatic N) is 3. The van der Waals surface area contributed by atoms with Crippen molar-refractivity contribution in [3.8, 4) is 0 Å². The van der Waals surface area contributed by atoms with Gasteiger partial charge in [-0.25, -0.2) is 4.79 Å². The van der Waals surface area contributed by atoms with Crippen LogP contribution in [0.25, 0.3) is 11.0 Å². The van der Waals surface area contributed by atoms with E-state index < -0.39 is 6.10 Å². The Morgan fingerprint density at radius 3 is 2.80 bits per heavy atom. The molecular weight excluding hydrogens is 320 g/mol. The Balaban J connectivity index is 1.90. The van der Waals surface area contributed by atoms with Gasteiger partial charge in [-0.05, 0) is 44.6 Å². The van der Waals surface area contributed by atoms with Gasteiger partial charge in [0.25, 0.3) is 5.91 Å². The molecule has 1 aromatic carbocycles. The number of carbonyl (C=O) groups excluding carboxylic acids is 1. The molecule has 0 aliphatic carbocycles. The Kier molecular flexibility index (Phi) is 4.96. The number of nitrogens with one attached hydrogen (secondary N) is 1. The number of rotatable bonds is 4. The fourth-order valence-corrected chi connectivity index (χ4v) is 3.47. The summed E-state index contributed by atoms with van der Waals surface area (Å²) >= 11 is 0. The third kappa shape index (κ3) is 3.77. The van der Waals surface area contributed by atoms with Crippen LogP contribution < -0.4 is 5.69 Å². The van der Waals surface area contributed by atoms with Crippen molar-refractivity contribution < 1.29 is 9.90 Å². The van der Waals surface area contributed by atoms with E-state index in [1.54, 1.807) is 27.7 Å². The number of aromatic amines is 1. The quantitative estimate of drug-likeness (QED) is 0.855. The van der Waals surface area contributed by atoms with Crippen LogP contribution in [0.15, 0.2) is 23.0 Å². The summed E-state index contributed by atoms with van der Waals surface area (Å²) in [7, 11) is 3.91. The summed E-state index contributed by atoms with van der Waals surface area (Å²) in [6.45, 7) is 4.34. The van der Waals surface area contributed by atoms with E-state index in [1.807, 2.05) is 25.9 Å². The minimum Gasteiger partial charge on any atom is -0.391 e. The largest absolute Gasteiger partial charge is 0.391 e. The second kappa shape index (κ2) is 7.01. The third-order valence-corrected chi connectivity index (χ3v) is 4.72. The topological polar surface area (TPSA) is 81.6 Å². The van der Waals surface area contributed by atoms with E-state index in [1.165, 1.54) is 0 Å². The van der Waals surface area contributed by atoms with Gasteiger partial charge >= 0.3 is 5.69 Å². The fraction of sp³-hybridized carbons (Fsp3) is 0.556. The Hall–Kier alpha value is -2.12. The Morgan fingerprint density at radius 1 is 1.36 bits per heavy atom. The molecule has 0 unspecified atom stereocenters. The lowest BCUT2D eigenvalue weighted by molar-refractivity contribution is 0.0339. The normalized spacial score (nSPS) is 21.2. The maximum Gasteiger partial charge on any atom is 0.326 e. The van der Waals surface area contributed by atoms with E-state index in [0.717, 1.165) is 24.0 Å². The standard InChI is InChI=1S/C18H26N4O3/c1-12-8-14(23)11-21(10-12)17(24)13-4-5-15-16(9-13)22(18(25)19-15)7-6-20(2)3/h4-5,9,12,14,23H,6-8,10-11H2,1-3H3,(H,19,25)/t12-,14+/m1/s1. The molecule has 1 aromatic heterocycles. The molecule has 7 heteroatoms. The molecular formula is C18H26N4O3. The van der Waals surface area contributed by atoms with Crippen molar-refractivity contribution in [3.63, 3.8) is 0 Å². The van der Waals surface area contributed by atoms with Gasteiger partial charge in [0.2, 0.25) is 0 Å². The molecule has 1 aliphatic heterocycles. The van der Waals surface area contributed by atoms with E-state index in [-0.39, 0.29) is 17.5 Å². The number of hydrogen-bond acceptors (Lipinski definition) is 4. The second-order valence-electron chi connectivity index (χ2n) is 7.32. The SMILES string of the molecule is C[C@@H]1C[C@H](O)CN(C(=O)c2ccc3[nH]c(=O)n(CCN(C)C)c3c2)C1. The maximum absolute atomic E-state index is 12.8. The first-order valence-corrected chi connectivity index (χ1v) is 8.69. The van der Waals surface area contributed by atoms with Crippen molar-refractivity contribution in [1.82, 2.24) is 19.4 Å². The lowest BCUT2D eigenvalue weighted by atomic mass is 9.97. The number of aliphatic hydroxyl groups excluding tert-OH is 1. The summed E-state index contributed by atoms with van der Waals surface area (Å²) in [5, 5.41) is 9.94. The number of amides is 1. The molecule has 136 valence electrons. The molecule has 2 aromatic rings. The molecule has 25 heavy (non-hydrogen) atoms. The zero-order valence-electron chi connectivity index (χ0n) is 15.0. The molecule has 2 atom stereocenters. The first kappa shape index (κ1) is 17.7. The molecule has 1 fully saturated rings. The van der Waals surface area contributed by atoms with Gasteiger partial charge < -0.3 is 19.9 Å². The van der Waals surface area contributed by atoms with Crippen LogP contribution in [0.3, 0.4) is 0 Å². The smallest absolute Gasteiger partial charge is 0.326 e. The summed E-state index contributed by atoms with van der Waals surface area (Å²) in [6.07, 6.45) is 0.256. The van der Waals surface area contributed by atoms with Crippen molar-refractivity contribution in [3.05, 3.63) is 34.2 Å². The van der Waals surface area contributed by atoms with Crippen molar-refractivity contribution in [2.45, 2.75) is 26.0 Å². The number of piperidine rings is 1. The Labute approximate surface area is 146 Å². The minimum atomic E-state index is -0.470. The first-order chi connectivity index (χ1) is 11.8. The molecule has 7 nitrogen and oxygen atoms in total. The molecule has 3 rings (SSSR count). The van der Waals surface area contributed by atoms with E-state index in [2.05, 4.69) is 4.98 Å². The van der Waals surface area contributed by atoms with Crippen LogP contribution in [0.5, 0.6) is 0 Å². The van der Waals surface area contributed by atoms with E-state index in [9.17, 15) is 14.7 Å². The number of fused-ring (bicyclic) bond motifs is 1. The Morgan fingerprint density at radius 2 is 2.12 bits per heavy atom. The maximum atomic E-state index is 12.8. The van der Waals surface area contributed by atoms with Crippen LogP contribution in [0.4, 0.5) is 0 Å². The van der Waals surface area contributed by atoms with Crippen LogP contribution in [0, 0.1) is 5.92 Å². The van der Waals surface area contributed by atoms with E-state index in [0.29, 0.717) is 25.2 Å². The number of benzene rings is 1. The van der Waals surface area contributed by atoms with Gasteiger partial charge in [0.05, 0.1) is 17.1 Å². The molecule has 1 amide bonds. The molecule has 0 saturated carbocycles. The van der Waals surface area contributed by atoms with Crippen LogP contribution >= 0.6 is 0 Å². The number of likely N-dealkylation sites (N-methyl/N-ethyl adjacent to an activating group) is 1. The molecule has 1 saturated heterocycles. The van der Waals surface area contributed by atoms with Gasteiger partial charge in [0.1, 0.15) is 0 Å². The number of aliphatic hydroxyl groups is 1. The van der Waals surface area contributed by atoms with Gasteiger partial charge in [0, 0.05) is 31.7 Å². The van der Waals surface area contributed by atoms with Gasteiger partial charge in [-0.15, -0.1) is 0 Å². The number of hydrogen-bond donors (Lipinski definition) is 2. The predicted molar refractivity (Wildman–Crippen MR) is 96.8 cm³/mol. The number of aromatic nitrogens is 2. The van der Waals surface area contributed by atoms with Crippen LogP contribution in [0.2, 0.25) is 0 Å². The number of imidazole rings is 1. The highest BCUT2D eigenvalue weighted by Crippen LogP contribution is 2.20. The van der Waals surface area contributed by atoms with Crippen molar-refractivity contribution in [2.24, 2.45) is 5.92 Å². The lowest BCUT2D eigenvalue weighted by Crippen LogP contribution is -2.45. The monoisotopic (exact) mass is 346 g/mol. The van der Waals surface area contributed by atoms with Gasteiger partial charge in [-0.2, -0.15) is 0 Å². The highest BCUT2D eigenvalue weighted by Gasteiger charge is 2.27. The van der Waals surface area contributed by atoms with Crippen molar-refractivity contribution in [1.29, 1.82) is 0 Å². The summed E-state index contributed by atoms with van der Waals surface area (Å²) in [5.41, 5.74) is 1.85. The lowest BCUT2D eigenvalue weighted by Gasteiger charge is -2.34. The molecule has 2 N–H and O–H groups in total. The Bertz CT molecular complexity index is 813. The average molecular weight is 346 g/mol. The van der Waals surface area contributed by atoms with Gasteiger partial charge in [0.15, 0.2) is 0 Å². The fourth-order valence-electron chi connectivity index (χ4n) is 3.47. The summed E-state index contributed by atoms with van der Waals surface area (Å²) in [4.78, 5) is 31.6. The number of H-pyrrole nitrogens is 1. The van der Waals surface area contributed by atoms with Crippen LogP contribution in [0.1, 0.15) is 23.7 Å². The molecule has 0 bridgehead atoms. The van der Waals surface area contributed by atoms with Gasteiger partial charge in [-0.1, -0.05) is 6.92 Å². The van der Waals surface area contributed by atoms with Crippen LogP contribution in [-0.2, 0) is 6.54 Å². The van der Waals surface area contributed by atoms with Crippen LogP contribution in [-0.4, -0.2) is 70.2 Å². The minimum absolute atomic E-state index is 0.0969. The van der Waals surface area contributed by atoms with E-state index >= 15 is 0 Å².